The Bertz CT molecular complexity index is 735. The molecule has 1 aliphatic rings. The van der Waals surface area contributed by atoms with Gasteiger partial charge in [-0.3, -0.25) is 0 Å². The van der Waals surface area contributed by atoms with Gasteiger partial charge in [-0.25, -0.2) is 4.98 Å². The summed E-state index contributed by atoms with van der Waals surface area (Å²) in [6.45, 7) is 2.89. The summed E-state index contributed by atoms with van der Waals surface area (Å²) < 4.78 is 6.29. The van der Waals surface area contributed by atoms with Crippen LogP contribution in [0.5, 0.6) is 0 Å². The lowest BCUT2D eigenvalue weighted by Gasteiger charge is -2.28. The molecule has 0 aliphatic carbocycles. The molecule has 1 aliphatic heterocycles. The first-order chi connectivity index (χ1) is 10.7. The first-order valence-electron chi connectivity index (χ1n) is 6.99. The van der Waals surface area contributed by atoms with Gasteiger partial charge in [-0.1, -0.05) is 34.1 Å². The summed E-state index contributed by atoms with van der Waals surface area (Å²) in [4.78, 5) is 6.52. The third-order valence-corrected chi connectivity index (χ3v) is 4.34. The SMILES string of the molecule is N#Cc1c(-c2ccccc2Br)cc(N2CCOCC2)nc1N. The van der Waals surface area contributed by atoms with Gasteiger partial charge in [0.1, 0.15) is 23.3 Å². The van der Waals surface area contributed by atoms with Crippen LogP contribution in [-0.2, 0) is 4.74 Å². The summed E-state index contributed by atoms with van der Waals surface area (Å²) in [7, 11) is 0. The van der Waals surface area contributed by atoms with Crippen molar-refractivity contribution in [3.05, 3.63) is 40.4 Å². The molecule has 2 N–H and O–H groups in total. The van der Waals surface area contributed by atoms with Crippen LogP contribution in [0.4, 0.5) is 11.6 Å². The number of hydrogen-bond donors (Lipinski definition) is 1. The lowest BCUT2D eigenvalue weighted by molar-refractivity contribution is 0.122. The Hall–Kier alpha value is -2.10. The molecule has 22 heavy (non-hydrogen) atoms. The Morgan fingerprint density at radius 1 is 1.23 bits per heavy atom. The number of aromatic nitrogens is 1. The van der Waals surface area contributed by atoms with Crippen molar-refractivity contribution in [3.63, 3.8) is 0 Å². The number of ether oxygens (including phenoxy) is 1. The van der Waals surface area contributed by atoms with Crippen LogP contribution in [0, 0.1) is 11.3 Å². The molecule has 0 saturated carbocycles. The van der Waals surface area contributed by atoms with E-state index in [-0.39, 0.29) is 5.82 Å². The smallest absolute Gasteiger partial charge is 0.144 e. The highest BCUT2D eigenvalue weighted by molar-refractivity contribution is 9.10. The summed E-state index contributed by atoms with van der Waals surface area (Å²) in [5.74, 6) is 1.04. The number of hydrogen-bond acceptors (Lipinski definition) is 5. The zero-order valence-corrected chi connectivity index (χ0v) is 13.5. The highest BCUT2D eigenvalue weighted by atomic mass is 79.9. The fourth-order valence-corrected chi connectivity index (χ4v) is 3.01. The molecular weight excluding hydrogens is 344 g/mol. The van der Waals surface area contributed by atoms with Crippen LogP contribution in [0.1, 0.15) is 5.56 Å². The summed E-state index contributed by atoms with van der Waals surface area (Å²) in [5.41, 5.74) is 8.15. The predicted molar refractivity (Wildman–Crippen MR) is 89.5 cm³/mol. The molecule has 2 aromatic rings. The topological polar surface area (TPSA) is 75.2 Å². The molecule has 1 fully saturated rings. The Morgan fingerprint density at radius 3 is 2.64 bits per heavy atom. The lowest BCUT2D eigenvalue weighted by atomic mass is 10.0. The van der Waals surface area contributed by atoms with Crippen molar-refractivity contribution in [1.29, 1.82) is 5.26 Å². The molecule has 1 aromatic heterocycles. The minimum atomic E-state index is 0.261. The number of anilines is 2. The third kappa shape index (κ3) is 2.78. The Kier molecular flexibility index (Phi) is 4.27. The minimum absolute atomic E-state index is 0.261. The molecule has 6 heteroatoms. The zero-order chi connectivity index (χ0) is 15.5. The fourth-order valence-electron chi connectivity index (χ4n) is 2.51. The molecule has 112 valence electrons. The maximum absolute atomic E-state index is 9.43. The van der Waals surface area contributed by atoms with Gasteiger partial charge in [-0.2, -0.15) is 5.26 Å². The van der Waals surface area contributed by atoms with Crippen LogP contribution in [-0.4, -0.2) is 31.3 Å². The van der Waals surface area contributed by atoms with E-state index in [1.807, 2.05) is 30.3 Å². The summed E-state index contributed by atoms with van der Waals surface area (Å²) in [5, 5.41) is 9.43. The summed E-state index contributed by atoms with van der Waals surface area (Å²) in [6, 6.07) is 11.9. The number of nitrogen functional groups attached to an aromatic ring is 1. The van der Waals surface area contributed by atoms with Crippen molar-refractivity contribution in [3.8, 4) is 17.2 Å². The van der Waals surface area contributed by atoms with Gasteiger partial charge in [-0.15, -0.1) is 0 Å². The van der Waals surface area contributed by atoms with Crippen LogP contribution in [0.3, 0.4) is 0 Å². The van der Waals surface area contributed by atoms with E-state index in [4.69, 9.17) is 10.5 Å². The lowest BCUT2D eigenvalue weighted by Crippen LogP contribution is -2.36. The van der Waals surface area contributed by atoms with Gasteiger partial charge in [0.2, 0.25) is 0 Å². The fraction of sp³-hybridized carbons (Fsp3) is 0.250. The first kappa shape index (κ1) is 14.8. The number of pyridine rings is 1. The Labute approximate surface area is 137 Å². The third-order valence-electron chi connectivity index (χ3n) is 3.64. The molecule has 5 nitrogen and oxygen atoms in total. The summed E-state index contributed by atoms with van der Waals surface area (Å²) in [6.07, 6.45) is 0. The number of nitriles is 1. The highest BCUT2D eigenvalue weighted by Gasteiger charge is 2.18. The predicted octanol–water partition coefficient (Wildman–Crippen LogP) is 2.80. The van der Waals surface area contributed by atoms with Crippen molar-refractivity contribution >= 4 is 27.6 Å². The van der Waals surface area contributed by atoms with Gasteiger partial charge in [0, 0.05) is 23.1 Å². The van der Waals surface area contributed by atoms with Crippen LogP contribution < -0.4 is 10.6 Å². The number of rotatable bonds is 2. The molecule has 0 radical (unpaired) electrons. The van der Waals surface area contributed by atoms with Crippen molar-refractivity contribution in [2.24, 2.45) is 0 Å². The van der Waals surface area contributed by atoms with E-state index in [1.165, 1.54) is 0 Å². The normalized spacial score (nSPS) is 14.6. The molecule has 1 saturated heterocycles. The van der Waals surface area contributed by atoms with E-state index < -0.39 is 0 Å². The van der Waals surface area contributed by atoms with Gasteiger partial charge >= 0.3 is 0 Å². The van der Waals surface area contributed by atoms with E-state index in [9.17, 15) is 5.26 Å². The second-order valence-corrected chi connectivity index (χ2v) is 5.83. The van der Waals surface area contributed by atoms with Crippen LogP contribution in [0.15, 0.2) is 34.8 Å². The van der Waals surface area contributed by atoms with Crippen molar-refractivity contribution in [2.45, 2.75) is 0 Å². The number of benzene rings is 1. The molecule has 0 unspecified atom stereocenters. The second kappa shape index (κ2) is 6.34. The number of halogens is 1. The molecule has 0 atom stereocenters. The Balaban J connectivity index is 2.13. The number of nitrogens with two attached hydrogens (primary N) is 1. The van der Waals surface area contributed by atoms with Gasteiger partial charge in [0.05, 0.1) is 13.2 Å². The van der Waals surface area contributed by atoms with Gasteiger partial charge in [0.25, 0.3) is 0 Å². The van der Waals surface area contributed by atoms with Crippen LogP contribution >= 0.6 is 15.9 Å². The van der Waals surface area contributed by atoms with E-state index in [0.29, 0.717) is 18.8 Å². The zero-order valence-electron chi connectivity index (χ0n) is 11.9. The van der Waals surface area contributed by atoms with Gasteiger partial charge in [-0.05, 0) is 17.7 Å². The maximum Gasteiger partial charge on any atom is 0.144 e. The number of morpholine rings is 1. The first-order valence-corrected chi connectivity index (χ1v) is 7.78. The summed E-state index contributed by atoms with van der Waals surface area (Å²) >= 11 is 3.54. The minimum Gasteiger partial charge on any atom is -0.383 e. The molecule has 0 bridgehead atoms. The quantitative estimate of drug-likeness (QED) is 0.893. The van der Waals surface area contributed by atoms with E-state index >= 15 is 0 Å². The second-order valence-electron chi connectivity index (χ2n) is 4.98. The largest absolute Gasteiger partial charge is 0.383 e. The Morgan fingerprint density at radius 2 is 1.95 bits per heavy atom. The van der Waals surface area contributed by atoms with Crippen molar-refractivity contribution in [1.82, 2.24) is 4.98 Å². The molecule has 0 amide bonds. The van der Waals surface area contributed by atoms with Crippen LogP contribution in [0.25, 0.3) is 11.1 Å². The number of nitrogens with zero attached hydrogens (tertiary/aromatic N) is 3. The molecule has 1 aromatic carbocycles. The molecular formula is C16H15BrN4O. The molecule has 3 rings (SSSR count). The molecule has 2 heterocycles. The van der Waals surface area contributed by atoms with E-state index in [0.717, 1.165) is 34.5 Å². The standard InChI is InChI=1S/C16H15BrN4O/c17-14-4-2-1-3-11(14)12-9-15(20-16(19)13(12)10-18)21-5-7-22-8-6-21/h1-4,9H,5-8H2,(H2,19,20). The van der Waals surface area contributed by atoms with E-state index in [2.05, 4.69) is 31.9 Å². The maximum atomic E-state index is 9.43. The molecule has 0 spiro atoms. The highest BCUT2D eigenvalue weighted by Crippen LogP contribution is 2.34. The van der Waals surface area contributed by atoms with Crippen molar-refractivity contribution < 1.29 is 4.74 Å². The van der Waals surface area contributed by atoms with Gasteiger partial charge < -0.3 is 15.4 Å². The van der Waals surface area contributed by atoms with Crippen molar-refractivity contribution in [2.75, 3.05) is 36.9 Å². The average Bonchev–Trinajstić information content (AvgIpc) is 2.55. The average molecular weight is 359 g/mol. The van der Waals surface area contributed by atoms with E-state index in [1.54, 1.807) is 0 Å². The van der Waals surface area contributed by atoms with Gasteiger partial charge in [0.15, 0.2) is 0 Å². The van der Waals surface area contributed by atoms with Crippen LogP contribution in [0.2, 0.25) is 0 Å². The monoisotopic (exact) mass is 358 g/mol.